The lowest BCUT2D eigenvalue weighted by atomic mass is 10.3. The van der Waals surface area contributed by atoms with Crippen LogP contribution in [0.1, 0.15) is 25.5 Å². The van der Waals surface area contributed by atoms with Gasteiger partial charge in [-0.15, -0.1) is 0 Å². The van der Waals surface area contributed by atoms with Crippen LogP contribution in [0.3, 0.4) is 0 Å². The fourth-order valence-electron chi connectivity index (χ4n) is 1.01. The number of rotatable bonds is 4. The third kappa shape index (κ3) is 1.78. The van der Waals surface area contributed by atoms with Crippen molar-refractivity contribution >= 4 is 0 Å². The van der Waals surface area contributed by atoms with Crippen LogP contribution in [0.4, 0.5) is 0 Å². The zero-order chi connectivity index (χ0) is 8.39. The van der Waals surface area contributed by atoms with Gasteiger partial charge in [0.15, 0.2) is 0 Å². The van der Waals surface area contributed by atoms with E-state index in [1.807, 2.05) is 13.0 Å². The predicted molar refractivity (Wildman–Crippen MR) is 44.1 cm³/mol. The van der Waals surface area contributed by atoms with Crippen molar-refractivity contribution in [2.75, 3.05) is 6.61 Å². The molecule has 1 saturated carbocycles. The van der Waals surface area contributed by atoms with Gasteiger partial charge in [-0.2, -0.15) is 0 Å². The molecule has 0 aliphatic heterocycles. The second-order valence-corrected chi connectivity index (χ2v) is 3.25. The Morgan fingerprint density at radius 3 is 3.08 bits per heavy atom. The van der Waals surface area contributed by atoms with Crippen LogP contribution < -0.4 is 4.74 Å². The summed E-state index contributed by atoms with van der Waals surface area (Å²) in [5.41, 5.74) is 0.959. The van der Waals surface area contributed by atoms with Crippen LogP contribution in [0.5, 0.6) is 5.95 Å². The summed E-state index contributed by atoms with van der Waals surface area (Å²) in [7, 11) is 0. The summed E-state index contributed by atoms with van der Waals surface area (Å²) in [6, 6.07) is 1.86. The van der Waals surface area contributed by atoms with E-state index in [1.165, 1.54) is 12.8 Å². The van der Waals surface area contributed by atoms with Gasteiger partial charge < -0.3 is 9.26 Å². The summed E-state index contributed by atoms with van der Waals surface area (Å²) >= 11 is 0. The molecule has 3 heteroatoms. The van der Waals surface area contributed by atoms with E-state index < -0.39 is 0 Å². The minimum Gasteiger partial charge on any atom is -0.463 e. The monoisotopic (exact) mass is 167 g/mol. The van der Waals surface area contributed by atoms with E-state index in [0.29, 0.717) is 5.95 Å². The maximum Gasteiger partial charge on any atom is 0.311 e. The minimum atomic E-state index is 0.568. The molecule has 1 fully saturated rings. The average Bonchev–Trinajstić information content (AvgIpc) is 2.81. The quantitative estimate of drug-likeness (QED) is 0.688. The van der Waals surface area contributed by atoms with Crippen LogP contribution in [0.2, 0.25) is 0 Å². The molecule has 1 heterocycles. The Morgan fingerprint density at radius 1 is 1.67 bits per heavy atom. The Hall–Kier alpha value is -0.990. The fourth-order valence-corrected chi connectivity index (χ4v) is 1.01. The molecule has 1 aromatic heterocycles. The first-order valence-electron chi connectivity index (χ1n) is 4.47. The molecule has 0 saturated heterocycles. The van der Waals surface area contributed by atoms with Gasteiger partial charge >= 0.3 is 5.95 Å². The third-order valence-corrected chi connectivity index (χ3v) is 2.06. The zero-order valence-electron chi connectivity index (χ0n) is 7.25. The summed E-state index contributed by atoms with van der Waals surface area (Å²) in [6.07, 6.45) is 3.50. The molecule has 0 bridgehead atoms. The van der Waals surface area contributed by atoms with Crippen molar-refractivity contribution in [1.82, 2.24) is 5.16 Å². The van der Waals surface area contributed by atoms with E-state index in [1.54, 1.807) is 0 Å². The van der Waals surface area contributed by atoms with Crippen LogP contribution in [0, 0.1) is 5.92 Å². The summed E-state index contributed by atoms with van der Waals surface area (Å²) in [6.45, 7) is 2.83. The highest BCUT2D eigenvalue weighted by molar-refractivity contribution is 5.09. The molecule has 3 nitrogen and oxygen atoms in total. The molecule has 0 amide bonds. The molecule has 1 aliphatic rings. The molecule has 0 radical (unpaired) electrons. The van der Waals surface area contributed by atoms with Gasteiger partial charge in [-0.3, -0.25) is 0 Å². The van der Waals surface area contributed by atoms with Gasteiger partial charge in [0, 0.05) is 6.07 Å². The van der Waals surface area contributed by atoms with Crippen molar-refractivity contribution in [2.24, 2.45) is 5.92 Å². The van der Waals surface area contributed by atoms with Gasteiger partial charge in [0.1, 0.15) is 0 Å². The molecule has 0 atom stereocenters. The number of hydrogen-bond acceptors (Lipinski definition) is 3. The lowest BCUT2D eigenvalue weighted by Crippen LogP contribution is -1.97. The topological polar surface area (TPSA) is 35.3 Å². The molecule has 66 valence electrons. The number of hydrogen-bond donors (Lipinski definition) is 0. The second-order valence-electron chi connectivity index (χ2n) is 3.25. The molecular formula is C9H13NO2. The van der Waals surface area contributed by atoms with Gasteiger partial charge in [-0.1, -0.05) is 12.1 Å². The molecule has 2 rings (SSSR count). The van der Waals surface area contributed by atoms with Crippen molar-refractivity contribution in [3.8, 4) is 5.95 Å². The third-order valence-electron chi connectivity index (χ3n) is 2.06. The molecule has 0 N–H and O–H groups in total. The Balaban J connectivity index is 1.84. The maximum atomic E-state index is 5.38. The number of nitrogens with zero attached hydrogens (tertiary/aromatic N) is 1. The fraction of sp³-hybridized carbons (Fsp3) is 0.667. The van der Waals surface area contributed by atoms with Gasteiger partial charge in [0.25, 0.3) is 0 Å². The smallest absolute Gasteiger partial charge is 0.311 e. The Morgan fingerprint density at radius 2 is 2.50 bits per heavy atom. The number of aromatic nitrogens is 1. The van der Waals surface area contributed by atoms with E-state index in [2.05, 4.69) is 5.16 Å². The highest BCUT2D eigenvalue weighted by Crippen LogP contribution is 2.29. The summed E-state index contributed by atoms with van der Waals surface area (Å²) in [5, 5.41) is 3.83. The van der Waals surface area contributed by atoms with Crippen molar-refractivity contribution < 1.29 is 9.26 Å². The normalized spacial score (nSPS) is 16.4. The van der Waals surface area contributed by atoms with Crippen molar-refractivity contribution in [2.45, 2.75) is 26.2 Å². The van der Waals surface area contributed by atoms with Gasteiger partial charge in [0.2, 0.25) is 0 Å². The minimum absolute atomic E-state index is 0.568. The van der Waals surface area contributed by atoms with Crippen LogP contribution >= 0.6 is 0 Å². The standard InChI is InChI=1S/C9H13NO2/c1-2-8-5-9(12-10-8)11-6-7-3-4-7/h5,7H,2-4,6H2,1H3. The van der Waals surface area contributed by atoms with E-state index in [4.69, 9.17) is 9.26 Å². The van der Waals surface area contributed by atoms with Crippen molar-refractivity contribution in [3.05, 3.63) is 11.8 Å². The highest BCUT2D eigenvalue weighted by Gasteiger charge is 2.22. The maximum absolute atomic E-state index is 5.38. The molecule has 0 unspecified atom stereocenters. The molecule has 0 aromatic carbocycles. The van der Waals surface area contributed by atoms with E-state index in [-0.39, 0.29) is 0 Å². The number of aryl methyl sites for hydroxylation is 1. The van der Waals surface area contributed by atoms with Crippen molar-refractivity contribution in [3.63, 3.8) is 0 Å². The predicted octanol–water partition coefficient (Wildman–Crippen LogP) is 2.03. The van der Waals surface area contributed by atoms with E-state index in [0.717, 1.165) is 24.6 Å². The Kier molecular flexibility index (Phi) is 2.02. The van der Waals surface area contributed by atoms with E-state index in [9.17, 15) is 0 Å². The van der Waals surface area contributed by atoms with Crippen LogP contribution in [-0.4, -0.2) is 11.8 Å². The first-order valence-corrected chi connectivity index (χ1v) is 4.47. The first-order chi connectivity index (χ1) is 5.88. The lowest BCUT2D eigenvalue weighted by Gasteiger charge is -1.96. The Bertz CT molecular complexity index is 253. The highest BCUT2D eigenvalue weighted by atomic mass is 16.6. The SMILES string of the molecule is CCc1cc(OCC2CC2)on1. The van der Waals surface area contributed by atoms with Crippen molar-refractivity contribution in [1.29, 1.82) is 0 Å². The molecule has 1 aromatic rings. The van der Waals surface area contributed by atoms with Crippen LogP contribution in [0.25, 0.3) is 0 Å². The number of ether oxygens (including phenoxy) is 1. The summed E-state index contributed by atoms with van der Waals surface area (Å²) in [4.78, 5) is 0. The van der Waals surface area contributed by atoms with Crippen LogP contribution in [-0.2, 0) is 6.42 Å². The van der Waals surface area contributed by atoms with Gasteiger partial charge in [-0.25, -0.2) is 0 Å². The summed E-state index contributed by atoms with van der Waals surface area (Å²) < 4.78 is 10.3. The summed E-state index contributed by atoms with van der Waals surface area (Å²) in [5.74, 6) is 1.33. The van der Waals surface area contributed by atoms with E-state index >= 15 is 0 Å². The van der Waals surface area contributed by atoms with Gasteiger partial charge in [0.05, 0.1) is 12.3 Å². The largest absolute Gasteiger partial charge is 0.463 e. The molecule has 12 heavy (non-hydrogen) atoms. The molecule has 1 aliphatic carbocycles. The second kappa shape index (κ2) is 3.17. The molecular weight excluding hydrogens is 154 g/mol. The van der Waals surface area contributed by atoms with Gasteiger partial charge in [-0.05, 0) is 25.2 Å². The Labute approximate surface area is 71.7 Å². The zero-order valence-corrected chi connectivity index (χ0v) is 7.25. The lowest BCUT2D eigenvalue weighted by molar-refractivity contribution is 0.204. The van der Waals surface area contributed by atoms with Crippen LogP contribution in [0.15, 0.2) is 10.6 Å². The first kappa shape index (κ1) is 7.65. The molecule has 0 spiro atoms. The average molecular weight is 167 g/mol.